The number of nitrogens with zero attached hydrogens (tertiary/aromatic N) is 1. The minimum absolute atomic E-state index is 0.0257. The lowest BCUT2D eigenvalue weighted by Crippen LogP contribution is -2.27. The summed E-state index contributed by atoms with van der Waals surface area (Å²) in [7, 11) is 0. The van der Waals surface area contributed by atoms with Crippen LogP contribution in [0.4, 0.5) is 10.8 Å². The Labute approximate surface area is 143 Å². The zero-order valence-corrected chi connectivity index (χ0v) is 14.4. The topological polar surface area (TPSA) is 91.3 Å². The van der Waals surface area contributed by atoms with Crippen LogP contribution in [-0.2, 0) is 4.79 Å². The molecule has 126 valence electrons. The molecule has 1 heterocycles. The van der Waals surface area contributed by atoms with Crippen molar-refractivity contribution in [2.45, 2.75) is 33.1 Å². The lowest BCUT2D eigenvalue weighted by atomic mass is 9.85. The highest BCUT2D eigenvalue weighted by Crippen LogP contribution is 2.30. The van der Waals surface area contributed by atoms with Crippen LogP contribution in [-0.4, -0.2) is 21.9 Å². The highest BCUT2D eigenvalue weighted by atomic mass is 32.1. The molecule has 0 unspecified atom stereocenters. The fourth-order valence-electron chi connectivity index (χ4n) is 2.52. The molecular formula is C17H19N3O3S. The first-order valence-electron chi connectivity index (χ1n) is 7.83. The molecule has 1 saturated carbocycles. The number of rotatable bonds is 4. The van der Waals surface area contributed by atoms with Gasteiger partial charge in [0.15, 0.2) is 5.13 Å². The summed E-state index contributed by atoms with van der Waals surface area (Å²) in [5, 5.41) is 15.8. The summed E-state index contributed by atoms with van der Waals surface area (Å²) < 4.78 is 0. The average molecular weight is 345 g/mol. The highest BCUT2D eigenvalue weighted by Gasteiger charge is 2.26. The molecule has 2 aromatic rings. The van der Waals surface area contributed by atoms with Gasteiger partial charge in [0.1, 0.15) is 10.6 Å². The normalized spacial score (nSPS) is 14.1. The molecule has 1 aromatic carbocycles. The minimum atomic E-state index is -0.312. The number of phenolic OH excluding ortho intramolecular Hbond substituents is 1. The van der Waals surface area contributed by atoms with E-state index >= 15 is 0 Å². The Morgan fingerprint density at radius 2 is 2.00 bits per heavy atom. The maximum Gasteiger partial charge on any atom is 0.267 e. The van der Waals surface area contributed by atoms with Crippen molar-refractivity contribution < 1.29 is 14.7 Å². The number of aryl methyl sites for hydroxylation is 1. The van der Waals surface area contributed by atoms with E-state index in [0.29, 0.717) is 21.3 Å². The largest absolute Gasteiger partial charge is 0.508 e. The molecule has 0 bridgehead atoms. The van der Waals surface area contributed by atoms with Gasteiger partial charge in [0.2, 0.25) is 5.91 Å². The minimum Gasteiger partial charge on any atom is -0.508 e. The molecule has 7 heteroatoms. The predicted octanol–water partition coefficient (Wildman–Crippen LogP) is 3.46. The van der Waals surface area contributed by atoms with Crippen molar-refractivity contribution in [1.29, 1.82) is 0 Å². The summed E-state index contributed by atoms with van der Waals surface area (Å²) in [5.41, 5.74) is 2.07. The molecule has 2 amide bonds. The van der Waals surface area contributed by atoms with Crippen molar-refractivity contribution in [2.24, 2.45) is 5.92 Å². The number of amides is 2. The maximum absolute atomic E-state index is 12.4. The van der Waals surface area contributed by atoms with Gasteiger partial charge < -0.3 is 15.7 Å². The van der Waals surface area contributed by atoms with Gasteiger partial charge in [-0.25, -0.2) is 4.98 Å². The van der Waals surface area contributed by atoms with Crippen LogP contribution in [0, 0.1) is 19.8 Å². The zero-order valence-electron chi connectivity index (χ0n) is 13.5. The summed E-state index contributed by atoms with van der Waals surface area (Å²) in [5.74, 6) is -0.131. The van der Waals surface area contributed by atoms with E-state index in [0.717, 1.165) is 36.2 Å². The molecule has 1 fully saturated rings. The molecule has 0 spiro atoms. The third-order valence-corrected chi connectivity index (χ3v) is 5.23. The molecule has 1 aliphatic carbocycles. The van der Waals surface area contributed by atoms with E-state index in [1.807, 2.05) is 6.92 Å². The van der Waals surface area contributed by atoms with Crippen molar-refractivity contribution in [2.75, 3.05) is 10.6 Å². The number of hydrogen-bond acceptors (Lipinski definition) is 5. The average Bonchev–Trinajstić information content (AvgIpc) is 2.94. The summed E-state index contributed by atoms with van der Waals surface area (Å²) in [6.45, 7) is 3.61. The SMILES string of the molecule is Cc1ccc(O)c(C)c1NC(=O)c1cnc(NC(=O)C2CCC2)s1. The number of nitrogens with one attached hydrogen (secondary N) is 2. The Bertz CT molecular complexity index is 796. The molecule has 0 aliphatic heterocycles. The van der Waals surface area contributed by atoms with Crippen LogP contribution in [0.2, 0.25) is 0 Å². The van der Waals surface area contributed by atoms with E-state index in [4.69, 9.17) is 0 Å². The first-order valence-corrected chi connectivity index (χ1v) is 8.64. The van der Waals surface area contributed by atoms with Crippen LogP contribution < -0.4 is 10.6 Å². The summed E-state index contributed by atoms with van der Waals surface area (Å²) >= 11 is 1.14. The first-order chi connectivity index (χ1) is 11.5. The first kappa shape index (κ1) is 16.4. The third-order valence-electron chi connectivity index (χ3n) is 4.32. The lowest BCUT2D eigenvalue weighted by Gasteiger charge is -2.23. The maximum atomic E-state index is 12.4. The summed E-state index contributed by atoms with van der Waals surface area (Å²) in [6.07, 6.45) is 4.37. The summed E-state index contributed by atoms with van der Waals surface area (Å²) in [4.78, 5) is 28.8. The molecule has 0 radical (unpaired) electrons. The Morgan fingerprint density at radius 1 is 1.25 bits per heavy atom. The molecule has 1 aliphatic rings. The molecule has 3 N–H and O–H groups in total. The molecule has 1 aromatic heterocycles. The van der Waals surface area contributed by atoms with Gasteiger partial charge in [-0.15, -0.1) is 0 Å². The number of phenols is 1. The van der Waals surface area contributed by atoms with E-state index in [-0.39, 0.29) is 23.5 Å². The van der Waals surface area contributed by atoms with Crippen LogP contribution in [0.3, 0.4) is 0 Å². The standard InChI is InChI=1S/C17H19N3O3S/c1-9-6-7-12(21)10(2)14(9)19-16(23)13-8-18-17(24-13)20-15(22)11-4-3-5-11/h6-8,11,21H,3-5H2,1-2H3,(H,19,23)(H,18,20,22). The molecule has 24 heavy (non-hydrogen) atoms. The van der Waals surface area contributed by atoms with Gasteiger partial charge in [-0.05, 0) is 38.3 Å². The molecule has 6 nitrogen and oxygen atoms in total. The smallest absolute Gasteiger partial charge is 0.267 e. The number of aromatic hydroxyl groups is 1. The van der Waals surface area contributed by atoms with Gasteiger partial charge in [-0.3, -0.25) is 9.59 Å². The van der Waals surface area contributed by atoms with E-state index in [2.05, 4.69) is 15.6 Å². The van der Waals surface area contributed by atoms with E-state index in [1.54, 1.807) is 19.1 Å². The monoisotopic (exact) mass is 345 g/mol. The highest BCUT2D eigenvalue weighted by molar-refractivity contribution is 7.17. The Morgan fingerprint density at radius 3 is 2.67 bits per heavy atom. The number of carbonyl (C=O) groups excluding carboxylic acids is 2. The van der Waals surface area contributed by atoms with Crippen molar-refractivity contribution in [3.05, 3.63) is 34.3 Å². The number of carbonyl (C=O) groups is 2. The van der Waals surface area contributed by atoms with Crippen molar-refractivity contribution in [3.63, 3.8) is 0 Å². The second-order valence-corrected chi connectivity index (χ2v) is 7.03. The zero-order chi connectivity index (χ0) is 17.3. The van der Waals surface area contributed by atoms with E-state index in [9.17, 15) is 14.7 Å². The predicted molar refractivity (Wildman–Crippen MR) is 93.6 cm³/mol. The number of anilines is 2. The van der Waals surface area contributed by atoms with Crippen LogP contribution >= 0.6 is 11.3 Å². The second kappa shape index (κ2) is 6.60. The Kier molecular flexibility index (Phi) is 4.53. The lowest BCUT2D eigenvalue weighted by molar-refractivity contribution is -0.122. The fourth-order valence-corrected chi connectivity index (χ4v) is 3.23. The molecule has 0 saturated heterocycles. The second-order valence-electron chi connectivity index (χ2n) is 6.00. The van der Waals surface area contributed by atoms with Crippen LogP contribution in [0.1, 0.15) is 40.1 Å². The van der Waals surface area contributed by atoms with Crippen LogP contribution in [0.5, 0.6) is 5.75 Å². The van der Waals surface area contributed by atoms with Crippen LogP contribution in [0.15, 0.2) is 18.3 Å². The number of hydrogen-bond donors (Lipinski definition) is 3. The molecule has 3 rings (SSSR count). The summed E-state index contributed by atoms with van der Waals surface area (Å²) in [6, 6.07) is 3.34. The Hall–Kier alpha value is -2.41. The number of benzene rings is 1. The van der Waals surface area contributed by atoms with Gasteiger partial charge in [0.25, 0.3) is 5.91 Å². The van der Waals surface area contributed by atoms with Crippen molar-refractivity contribution in [1.82, 2.24) is 4.98 Å². The van der Waals surface area contributed by atoms with Gasteiger partial charge in [0, 0.05) is 11.5 Å². The van der Waals surface area contributed by atoms with Crippen molar-refractivity contribution >= 4 is 34.0 Å². The Balaban J connectivity index is 1.70. The van der Waals surface area contributed by atoms with E-state index in [1.165, 1.54) is 6.20 Å². The van der Waals surface area contributed by atoms with Gasteiger partial charge in [-0.2, -0.15) is 0 Å². The number of thiazole rings is 1. The fraction of sp³-hybridized carbons (Fsp3) is 0.353. The molecular weight excluding hydrogens is 326 g/mol. The number of aromatic nitrogens is 1. The van der Waals surface area contributed by atoms with Gasteiger partial charge in [0.05, 0.1) is 11.9 Å². The van der Waals surface area contributed by atoms with E-state index < -0.39 is 0 Å². The third kappa shape index (κ3) is 3.26. The van der Waals surface area contributed by atoms with Gasteiger partial charge in [-0.1, -0.05) is 23.8 Å². The van der Waals surface area contributed by atoms with Crippen LogP contribution in [0.25, 0.3) is 0 Å². The van der Waals surface area contributed by atoms with Crippen molar-refractivity contribution in [3.8, 4) is 5.75 Å². The quantitative estimate of drug-likeness (QED) is 0.791. The van der Waals surface area contributed by atoms with Gasteiger partial charge >= 0.3 is 0 Å². The molecule has 0 atom stereocenters.